The van der Waals surface area contributed by atoms with E-state index < -0.39 is 11.9 Å². The van der Waals surface area contributed by atoms with Crippen LogP contribution in [0.5, 0.6) is 0 Å². The molecule has 56 heavy (non-hydrogen) atoms. The van der Waals surface area contributed by atoms with E-state index in [0.29, 0.717) is 86.7 Å². The second-order valence-electron chi connectivity index (χ2n) is 15.2. The molecule has 2 fully saturated rings. The molecule has 1 atom stereocenters. The van der Waals surface area contributed by atoms with Crippen LogP contribution in [-0.2, 0) is 48.2 Å². The molecule has 0 saturated carbocycles. The van der Waals surface area contributed by atoms with E-state index in [1.165, 1.54) is 27.6 Å². The molecule has 3 aromatic heterocycles. The van der Waals surface area contributed by atoms with Crippen molar-refractivity contribution < 1.29 is 33.2 Å². The lowest BCUT2D eigenvalue weighted by molar-refractivity contribution is -0.137. The number of rotatable bonds is 17. The number of hydrogen-bond acceptors (Lipinski definition) is 14. The smallest absolute Gasteiger partial charge is 0.265 e. The largest absolute Gasteiger partial charge is 0.444 e. The van der Waals surface area contributed by atoms with Crippen molar-refractivity contribution in [1.82, 2.24) is 41.0 Å². The van der Waals surface area contributed by atoms with Crippen LogP contribution in [0.1, 0.15) is 91.1 Å². The van der Waals surface area contributed by atoms with E-state index in [1.54, 1.807) is 24.2 Å². The van der Waals surface area contributed by atoms with E-state index in [2.05, 4.69) is 62.2 Å². The highest BCUT2D eigenvalue weighted by Crippen LogP contribution is 2.34. The van der Waals surface area contributed by atoms with Gasteiger partial charge in [0.15, 0.2) is 5.13 Å². The summed E-state index contributed by atoms with van der Waals surface area (Å²) >= 11 is 4.31. The fourth-order valence-electron chi connectivity index (χ4n) is 6.60. The zero-order valence-electron chi connectivity index (χ0n) is 31.9. The molecule has 1 unspecified atom stereocenters. The number of thioether (sulfide) groups is 1. The third-order valence-electron chi connectivity index (χ3n) is 9.76. The van der Waals surface area contributed by atoms with Gasteiger partial charge in [0, 0.05) is 35.7 Å². The number of carbonyl (C=O) groups excluding carboxylic acids is 6. The van der Waals surface area contributed by atoms with Crippen LogP contribution in [0.15, 0.2) is 27.1 Å². The maximum atomic E-state index is 12.9. The molecule has 3 aliphatic heterocycles. The Balaban J connectivity index is 0.772. The van der Waals surface area contributed by atoms with E-state index in [1.807, 2.05) is 6.07 Å². The van der Waals surface area contributed by atoms with Gasteiger partial charge in [0.1, 0.15) is 11.8 Å². The number of anilines is 1. The number of piperidine rings is 2. The predicted octanol–water partition coefficient (Wildman–Crippen LogP) is 3.00. The Morgan fingerprint density at radius 1 is 1.00 bits per heavy atom. The summed E-state index contributed by atoms with van der Waals surface area (Å²) in [6, 6.07) is 1.25. The van der Waals surface area contributed by atoms with Crippen molar-refractivity contribution in [2.45, 2.75) is 93.8 Å². The molecule has 5 N–H and O–H groups in total. The van der Waals surface area contributed by atoms with Crippen LogP contribution in [0.2, 0.25) is 0 Å². The van der Waals surface area contributed by atoms with Crippen molar-refractivity contribution >= 4 is 75.0 Å². The fourth-order valence-corrected chi connectivity index (χ4v) is 9.40. The normalized spacial score (nSPS) is 17.9. The van der Waals surface area contributed by atoms with Gasteiger partial charge in [-0.1, -0.05) is 32.1 Å². The van der Waals surface area contributed by atoms with Crippen LogP contribution < -0.4 is 26.6 Å². The topological polar surface area (TPSA) is 208 Å². The maximum absolute atomic E-state index is 12.9. The zero-order valence-corrected chi connectivity index (χ0v) is 34.3. The van der Waals surface area contributed by atoms with Crippen molar-refractivity contribution in [3.8, 4) is 0 Å². The highest BCUT2D eigenvalue weighted by Gasteiger charge is 2.40. The Morgan fingerprint density at radius 2 is 1.79 bits per heavy atom. The summed E-state index contributed by atoms with van der Waals surface area (Å²) in [7, 11) is 0. The molecule has 0 radical (unpaired) electrons. The van der Waals surface area contributed by atoms with Gasteiger partial charge in [-0.05, 0) is 63.4 Å². The quantitative estimate of drug-likeness (QED) is 0.0757. The summed E-state index contributed by atoms with van der Waals surface area (Å²) in [6.45, 7) is 9.80. The number of nitrogens with zero attached hydrogens (tertiary/aromatic N) is 4. The number of amides is 6. The zero-order chi connectivity index (χ0) is 39.8. The third kappa shape index (κ3) is 11.2. The lowest BCUT2D eigenvalue weighted by atomic mass is 9.94. The second-order valence-corrected chi connectivity index (χ2v) is 18.6. The lowest BCUT2D eigenvalue weighted by Crippen LogP contribution is -2.52. The summed E-state index contributed by atoms with van der Waals surface area (Å²) < 4.78 is 6.83. The first kappa shape index (κ1) is 41.5. The van der Waals surface area contributed by atoms with Gasteiger partial charge in [-0.25, -0.2) is 9.97 Å². The second kappa shape index (κ2) is 18.8. The molecule has 2 saturated heterocycles. The van der Waals surface area contributed by atoms with E-state index >= 15 is 0 Å². The first-order valence-corrected chi connectivity index (χ1v) is 21.5. The number of fused-ring (bicyclic) bond motifs is 1. The number of aromatic nitrogens is 2. The summed E-state index contributed by atoms with van der Waals surface area (Å²) in [5, 5.41) is 14.8. The number of hydrogen-bond donors (Lipinski definition) is 5. The molecule has 19 heteroatoms. The molecule has 0 aromatic carbocycles. The van der Waals surface area contributed by atoms with Crippen molar-refractivity contribution in [1.29, 1.82) is 0 Å². The first-order valence-electron chi connectivity index (χ1n) is 18.9. The van der Waals surface area contributed by atoms with Gasteiger partial charge < -0.3 is 30.6 Å². The van der Waals surface area contributed by atoms with Crippen molar-refractivity contribution in [2.75, 3.05) is 44.6 Å². The molecular weight excluding hydrogens is 779 g/mol. The highest BCUT2D eigenvalue weighted by molar-refractivity contribution is 8.00. The number of oxazole rings is 1. The Bertz CT molecular complexity index is 1910. The lowest BCUT2D eigenvalue weighted by Gasteiger charge is -2.30. The maximum Gasteiger partial charge on any atom is 0.265 e. The number of imide groups is 1. The number of unbranched alkanes of at least 4 members (excludes halogenated alkanes) is 1. The molecule has 16 nitrogen and oxygen atoms in total. The van der Waals surface area contributed by atoms with Gasteiger partial charge >= 0.3 is 0 Å². The minimum Gasteiger partial charge on any atom is -0.444 e. The molecule has 0 aliphatic carbocycles. The molecule has 6 rings (SSSR count). The van der Waals surface area contributed by atoms with Crippen LogP contribution in [0.25, 0.3) is 0 Å². The average molecular weight is 828 g/mol. The average Bonchev–Trinajstić information content (AvgIpc) is 3.96. The Hall–Kier alpha value is -4.17. The van der Waals surface area contributed by atoms with Crippen LogP contribution in [-0.4, -0.2) is 101 Å². The Morgan fingerprint density at radius 3 is 2.52 bits per heavy atom. The molecule has 3 aliphatic rings. The first-order chi connectivity index (χ1) is 26.8. The standard InChI is InChI=1S/C37H49N9O7S3/c1-37(2,3)26-16-41-30(53-26)21-54-31-18-42-36(56-31)44-33(50)22-8-12-45(13-9-22)20-29(49)39-11-5-4-10-38-17-28(48)40-15-24-14-23-19-46(35(52)32(23)55-24)25-6-7-27(47)43-34(25)51/h14,16,18,22,25,38H,4-13,15,17,19-21H2,1-3H3,(H,39,49)(H,40,48)(H,42,44,50)(H,43,47,51). The van der Waals surface area contributed by atoms with E-state index in [0.717, 1.165) is 33.3 Å². The van der Waals surface area contributed by atoms with Crippen LogP contribution in [0.4, 0.5) is 5.13 Å². The van der Waals surface area contributed by atoms with E-state index in [9.17, 15) is 28.8 Å². The number of likely N-dealkylation sites (tertiary alicyclic amines) is 1. The van der Waals surface area contributed by atoms with Gasteiger partial charge in [-0.15, -0.1) is 23.1 Å². The molecule has 0 spiro atoms. The number of thiophene rings is 1. The Kier molecular flexibility index (Phi) is 14.0. The Labute approximate surface area is 337 Å². The van der Waals surface area contributed by atoms with Crippen molar-refractivity contribution in [3.63, 3.8) is 0 Å². The van der Waals surface area contributed by atoms with Gasteiger partial charge in [0.2, 0.25) is 35.4 Å². The molecule has 0 bridgehead atoms. The predicted molar refractivity (Wildman–Crippen MR) is 212 cm³/mol. The van der Waals surface area contributed by atoms with Crippen LogP contribution in [0.3, 0.4) is 0 Å². The number of carbonyl (C=O) groups is 6. The fraction of sp³-hybridized carbons (Fsp3) is 0.568. The SMILES string of the molecule is CC(C)(C)c1cnc(CSc2cnc(NC(=O)C3CCN(CC(=O)NCCCCNCC(=O)NCc4cc5c(s4)C(=O)N(C4CCC(=O)NC4=O)C5)CC3)s2)o1. The molecular formula is C37H49N9O7S3. The minimum absolute atomic E-state index is 0.0431. The monoisotopic (exact) mass is 827 g/mol. The highest BCUT2D eigenvalue weighted by atomic mass is 32.2. The summed E-state index contributed by atoms with van der Waals surface area (Å²) in [5.41, 5.74) is 0.735. The molecule has 6 heterocycles. The third-order valence-corrected chi connectivity index (χ3v) is 13.0. The van der Waals surface area contributed by atoms with Crippen molar-refractivity contribution in [2.24, 2.45) is 5.92 Å². The molecule has 302 valence electrons. The van der Waals surface area contributed by atoms with Crippen LogP contribution >= 0.6 is 34.4 Å². The van der Waals surface area contributed by atoms with E-state index in [-0.39, 0.29) is 53.8 Å². The van der Waals surface area contributed by atoms with Crippen LogP contribution in [0, 0.1) is 5.92 Å². The van der Waals surface area contributed by atoms with Gasteiger partial charge in [0.25, 0.3) is 5.91 Å². The van der Waals surface area contributed by atoms with E-state index in [4.69, 9.17) is 4.42 Å². The summed E-state index contributed by atoms with van der Waals surface area (Å²) in [6.07, 6.45) is 6.96. The molecule has 3 aromatic rings. The minimum atomic E-state index is -0.641. The summed E-state index contributed by atoms with van der Waals surface area (Å²) in [4.78, 5) is 88.2. The van der Waals surface area contributed by atoms with Gasteiger partial charge in [0.05, 0.1) is 46.9 Å². The number of thiazole rings is 1. The summed E-state index contributed by atoms with van der Waals surface area (Å²) in [5.74, 6) is 0.744. The van der Waals surface area contributed by atoms with Gasteiger partial charge in [-0.2, -0.15) is 0 Å². The molecule has 6 amide bonds. The van der Waals surface area contributed by atoms with Gasteiger partial charge in [-0.3, -0.25) is 39.0 Å². The van der Waals surface area contributed by atoms with Crippen molar-refractivity contribution in [3.05, 3.63) is 45.4 Å². The number of nitrogens with one attached hydrogen (secondary N) is 5.